The highest BCUT2D eigenvalue weighted by Crippen LogP contribution is 2.52. The van der Waals surface area contributed by atoms with Crippen LogP contribution in [0.2, 0.25) is 0 Å². The highest BCUT2D eigenvalue weighted by Gasteiger charge is 2.42. The zero-order valence-corrected chi connectivity index (χ0v) is 20.0. The minimum Gasteiger partial charge on any atom is -0.497 e. The van der Waals surface area contributed by atoms with Gasteiger partial charge in [-0.05, 0) is 43.4 Å². The van der Waals surface area contributed by atoms with Crippen LogP contribution in [-0.4, -0.2) is 33.1 Å². The summed E-state index contributed by atoms with van der Waals surface area (Å²) in [5.41, 5.74) is 6.06. The maximum absolute atomic E-state index is 13.5. The number of nitrogens with zero attached hydrogens (tertiary/aromatic N) is 1. The Hall–Kier alpha value is -2.95. The van der Waals surface area contributed by atoms with Crippen LogP contribution >= 0.6 is 0 Å². The molecule has 170 valence electrons. The Morgan fingerprint density at radius 1 is 1.03 bits per heavy atom. The van der Waals surface area contributed by atoms with Crippen molar-refractivity contribution in [3.63, 3.8) is 0 Å². The fraction of sp³-hybridized carbons (Fsp3) is 0.444. The quantitative estimate of drug-likeness (QED) is 0.627. The van der Waals surface area contributed by atoms with Crippen molar-refractivity contribution >= 4 is 17.2 Å². The summed E-state index contributed by atoms with van der Waals surface area (Å²) in [4.78, 5) is 15.8. The number of ether oxygens (including phenoxy) is 2. The number of Topliss-reactive ketones (excluding diaryl/α,β-unsaturated/α-hetero) is 1. The molecule has 2 aromatic carbocycles. The summed E-state index contributed by atoms with van der Waals surface area (Å²) in [6.45, 7) is 10.6. The van der Waals surface area contributed by atoms with Gasteiger partial charge in [-0.25, -0.2) is 0 Å². The second kappa shape index (κ2) is 8.53. The van der Waals surface area contributed by atoms with Crippen LogP contribution < -0.4 is 19.7 Å². The van der Waals surface area contributed by atoms with E-state index in [4.69, 9.17) is 9.47 Å². The fourth-order valence-corrected chi connectivity index (χ4v) is 5.18. The van der Waals surface area contributed by atoms with E-state index in [0.29, 0.717) is 6.42 Å². The normalized spacial score (nSPS) is 19.1. The van der Waals surface area contributed by atoms with Gasteiger partial charge in [-0.2, -0.15) is 0 Å². The maximum atomic E-state index is 13.5. The molecule has 1 N–H and O–H groups in total. The number of benzene rings is 2. The Labute approximate surface area is 191 Å². The molecule has 0 bridgehead atoms. The van der Waals surface area contributed by atoms with Crippen LogP contribution in [0, 0.1) is 5.41 Å². The first-order valence-corrected chi connectivity index (χ1v) is 11.5. The second-order valence-corrected chi connectivity index (χ2v) is 9.45. The van der Waals surface area contributed by atoms with Crippen LogP contribution in [0.5, 0.6) is 11.5 Å². The van der Waals surface area contributed by atoms with Gasteiger partial charge in [0.2, 0.25) is 0 Å². The number of carbonyl (C=O) groups is 1. The molecule has 4 rings (SSSR count). The van der Waals surface area contributed by atoms with Crippen LogP contribution in [0.25, 0.3) is 0 Å². The Balaban J connectivity index is 1.90. The third-order valence-corrected chi connectivity index (χ3v) is 6.71. The molecule has 1 heterocycles. The van der Waals surface area contributed by atoms with Gasteiger partial charge < -0.3 is 19.7 Å². The number of hydrogen-bond acceptors (Lipinski definition) is 5. The van der Waals surface area contributed by atoms with E-state index in [-0.39, 0.29) is 17.1 Å². The van der Waals surface area contributed by atoms with Crippen molar-refractivity contribution in [2.45, 2.75) is 46.5 Å². The maximum Gasteiger partial charge on any atom is 0.162 e. The molecule has 0 spiro atoms. The lowest BCUT2D eigenvalue weighted by atomic mass is 9.68. The molecular weight excluding hydrogens is 400 g/mol. The number of allylic oxidation sites excluding steroid dienone is 2. The Morgan fingerprint density at radius 2 is 1.72 bits per heavy atom. The van der Waals surface area contributed by atoms with Gasteiger partial charge in [0.1, 0.15) is 11.5 Å². The average Bonchev–Trinajstić information content (AvgIpc) is 2.77. The molecule has 0 radical (unpaired) electrons. The van der Waals surface area contributed by atoms with Crippen LogP contribution in [0.4, 0.5) is 11.4 Å². The van der Waals surface area contributed by atoms with Gasteiger partial charge >= 0.3 is 0 Å². The Kier molecular flexibility index (Phi) is 5.93. The van der Waals surface area contributed by atoms with E-state index < -0.39 is 0 Å². The minimum absolute atomic E-state index is 0.0689. The van der Waals surface area contributed by atoms with Crippen molar-refractivity contribution in [2.75, 3.05) is 37.5 Å². The molecule has 2 aromatic rings. The summed E-state index contributed by atoms with van der Waals surface area (Å²) in [7, 11) is 3.33. The second-order valence-electron chi connectivity index (χ2n) is 9.45. The van der Waals surface area contributed by atoms with Crippen molar-refractivity contribution in [2.24, 2.45) is 5.41 Å². The van der Waals surface area contributed by atoms with Crippen molar-refractivity contribution < 1.29 is 14.3 Å². The van der Waals surface area contributed by atoms with Crippen LogP contribution in [0.1, 0.15) is 57.6 Å². The largest absolute Gasteiger partial charge is 0.497 e. The number of carbonyl (C=O) groups excluding carboxylic acids is 1. The lowest BCUT2D eigenvalue weighted by Crippen LogP contribution is -2.34. The number of nitrogens with one attached hydrogen (secondary N) is 1. The molecule has 5 nitrogen and oxygen atoms in total. The van der Waals surface area contributed by atoms with Crippen molar-refractivity contribution in [3.8, 4) is 11.5 Å². The first-order valence-electron chi connectivity index (χ1n) is 11.5. The third kappa shape index (κ3) is 3.85. The number of rotatable bonds is 6. The van der Waals surface area contributed by atoms with E-state index in [9.17, 15) is 4.79 Å². The summed E-state index contributed by atoms with van der Waals surface area (Å²) < 4.78 is 11.3. The molecular formula is C27H34N2O3. The predicted octanol–water partition coefficient (Wildman–Crippen LogP) is 5.75. The summed E-state index contributed by atoms with van der Waals surface area (Å²) >= 11 is 0. The predicted molar refractivity (Wildman–Crippen MR) is 130 cm³/mol. The zero-order valence-electron chi connectivity index (χ0n) is 20.0. The average molecular weight is 435 g/mol. The van der Waals surface area contributed by atoms with E-state index in [0.717, 1.165) is 59.1 Å². The standard InChI is InChI=1S/C27H34N2O3/c1-7-29(8-2)18-11-9-17(10-12-18)24-25-21(15-27(3,4)16-22(25)30)28-20-13-19(31-5)14-23(32-6)26(20)24/h9-14,24,28H,7-8,15-16H2,1-6H3/t24-/m1/s1. The first kappa shape index (κ1) is 22.3. The summed E-state index contributed by atoms with van der Waals surface area (Å²) in [6, 6.07) is 12.6. The number of methoxy groups -OCH3 is 2. The highest BCUT2D eigenvalue weighted by atomic mass is 16.5. The third-order valence-electron chi connectivity index (χ3n) is 6.71. The van der Waals surface area contributed by atoms with Crippen molar-refractivity contribution in [3.05, 3.63) is 58.8 Å². The molecule has 0 aromatic heterocycles. The Bertz CT molecular complexity index is 1050. The minimum atomic E-state index is -0.170. The van der Waals surface area contributed by atoms with Gasteiger partial charge in [-0.15, -0.1) is 0 Å². The van der Waals surface area contributed by atoms with Gasteiger partial charge in [0.05, 0.1) is 14.2 Å². The molecule has 1 aliphatic heterocycles. The van der Waals surface area contributed by atoms with Crippen molar-refractivity contribution in [1.82, 2.24) is 0 Å². The number of hydrogen-bond donors (Lipinski definition) is 1. The highest BCUT2D eigenvalue weighted by molar-refractivity contribution is 6.02. The van der Waals surface area contributed by atoms with Crippen molar-refractivity contribution in [1.29, 1.82) is 0 Å². The van der Waals surface area contributed by atoms with E-state index in [1.54, 1.807) is 14.2 Å². The van der Waals surface area contributed by atoms with Gasteiger partial charge in [0.15, 0.2) is 5.78 Å². The van der Waals surface area contributed by atoms with Crippen LogP contribution in [-0.2, 0) is 4.79 Å². The lowest BCUT2D eigenvalue weighted by molar-refractivity contribution is -0.118. The van der Waals surface area contributed by atoms with E-state index in [1.165, 1.54) is 5.69 Å². The molecule has 1 aliphatic carbocycles. The summed E-state index contributed by atoms with van der Waals surface area (Å²) in [6.07, 6.45) is 1.39. The number of ketones is 1. The van der Waals surface area contributed by atoms with Gasteiger partial charge in [0.25, 0.3) is 0 Å². The summed E-state index contributed by atoms with van der Waals surface area (Å²) in [5.74, 6) is 1.50. The lowest BCUT2D eigenvalue weighted by Gasteiger charge is -2.40. The topological polar surface area (TPSA) is 50.8 Å². The molecule has 0 unspecified atom stereocenters. The smallest absolute Gasteiger partial charge is 0.162 e. The number of fused-ring (bicyclic) bond motifs is 1. The molecule has 2 aliphatic rings. The monoisotopic (exact) mass is 434 g/mol. The summed E-state index contributed by atoms with van der Waals surface area (Å²) in [5, 5.41) is 3.57. The van der Waals surface area contributed by atoms with E-state index in [1.807, 2.05) is 12.1 Å². The van der Waals surface area contributed by atoms with Crippen LogP contribution in [0.15, 0.2) is 47.7 Å². The zero-order chi connectivity index (χ0) is 23.0. The SMILES string of the molecule is CCN(CC)c1ccc([C@@H]2C3=C(CC(C)(C)CC3=O)Nc3cc(OC)cc(OC)c32)cc1. The number of anilines is 2. The molecule has 0 fully saturated rings. The molecule has 32 heavy (non-hydrogen) atoms. The van der Waals surface area contributed by atoms with Gasteiger partial charge in [-0.3, -0.25) is 4.79 Å². The molecule has 0 saturated heterocycles. The van der Waals surface area contributed by atoms with Gasteiger partial charge in [0, 0.05) is 65.8 Å². The molecule has 5 heteroatoms. The molecule has 0 saturated carbocycles. The molecule has 0 amide bonds. The van der Waals surface area contributed by atoms with E-state index >= 15 is 0 Å². The van der Waals surface area contributed by atoms with Gasteiger partial charge in [-0.1, -0.05) is 26.0 Å². The van der Waals surface area contributed by atoms with Crippen LogP contribution in [0.3, 0.4) is 0 Å². The Morgan fingerprint density at radius 3 is 2.31 bits per heavy atom. The fourth-order valence-electron chi connectivity index (χ4n) is 5.18. The molecule has 1 atom stereocenters. The first-order chi connectivity index (χ1) is 15.3. The van der Waals surface area contributed by atoms with E-state index in [2.05, 4.69) is 62.2 Å².